The van der Waals surface area contributed by atoms with Gasteiger partial charge in [0.15, 0.2) is 0 Å². The molecule has 14 heavy (non-hydrogen) atoms. The Labute approximate surface area is 91.7 Å². The van der Waals surface area contributed by atoms with E-state index in [2.05, 4.69) is 12.8 Å². The second-order valence-corrected chi connectivity index (χ2v) is 5.28. The quantitative estimate of drug-likeness (QED) is 0.562. The van der Waals surface area contributed by atoms with Gasteiger partial charge in [0, 0.05) is 33.3 Å². The second kappa shape index (κ2) is 6.82. The summed E-state index contributed by atoms with van der Waals surface area (Å²) in [6.45, 7) is 6.80. The molecular formula is C7H20N3O2PS. The Bertz CT molecular complexity index is 197. The third-order valence-electron chi connectivity index (χ3n) is 1.89. The molecule has 1 fully saturated rings. The van der Waals surface area contributed by atoms with Crippen molar-refractivity contribution >= 4 is 20.5 Å². The summed E-state index contributed by atoms with van der Waals surface area (Å²) in [6.07, 6.45) is 0. The number of nitrogens with two attached hydrogens (primary N) is 1. The van der Waals surface area contributed by atoms with E-state index in [9.17, 15) is 4.57 Å². The molecule has 0 spiro atoms. The molecule has 0 saturated carbocycles. The van der Waals surface area contributed by atoms with Crippen LogP contribution < -0.4 is 5.50 Å². The van der Waals surface area contributed by atoms with Gasteiger partial charge in [-0.1, -0.05) is 26.7 Å². The van der Waals surface area contributed by atoms with Crippen LogP contribution in [0.2, 0.25) is 0 Å². The van der Waals surface area contributed by atoms with Crippen LogP contribution in [-0.2, 0) is 9.09 Å². The lowest BCUT2D eigenvalue weighted by atomic mass is 10.4. The van der Waals surface area contributed by atoms with Crippen molar-refractivity contribution < 1.29 is 9.09 Å². The first-order chi connectivity index (χ1) is 6.56. The lowest BCUT2D eigenvalue weighted by Gasteiger charge is -2.33. The summed E-state index contributed by atoms with van der Waals surface area (Å²) in [6, 6.07) is 0. The van der Waals surface area contributed by atoms with Gasteiger partial charge in [-0.15, -0.1) is 0 Å². The molecule has 1 saturated heterocycles. The van der Waals surface area contributed by atoms with E-state index in [0.717, 1.165) is 13.1 Å². The van der Waals surface area contributed by atoms with Crippen LogP contribution in [0.25, 0.3) is 0 Å². The van der Waals surface area contributed by atoms with Gasteiger partial charge in [0.2, 0.25) is 0 Å². The second-order valence-electron chi connectivity index (χ2n) is 2.65. The molecule has 0 aromatic carbocycles. The number of nitrogens with zero attached hydrogens (tertiary/aromatic N) is 2. The van der Waals surface area contributed by atoms with Gasteiger partial charge >= 0.3 is 7.67 Å². The fraction of sp³-hybridized carbons (Fsp3) is 1.00. The van der Waals surface area contributed by atoms with Crippen LogP contribution in [0, 0.1) is 0 Å². The van der Waals surface area contributed by atoms with Crippen molar-refractivity contribution in [3.8, 4) is 0 Å². The average Bonchev–Trinajstić information content (AvgIpc) is 2.21. The summed E-state index contributed by atoms with van der Waals surface area (Å²) in [5, 5.41) is 0. The molecule has 0 aliphatic carbocycles. The lowest BCUT2D eigenvalue weighted by Crippen LogP contribution is -2.42. The minimum atomic E-state index is -3.00. The van der Waals surface area contributed by atoms with E-state index >= 15 is 0 Å². The van der Waals surface area contributed by atoms with E-state index < -0.39 is 7.67 Å². The van der Waals surface area contributed by atoms with Crippen molar-refractivity contribution in [2.24, 2.45) is 5.50 Å². The Hall–Kier alpha value is 0.420. The molecule has 1 atom stereocenters. The summed E-state index contributed by atoms with van der Waals surface area (Å²) in [4.78, 5) is 0. The molecule has 2 N–H and O–H groups in total. The molecule has 0 bridgehead atoms. The van der Waals surface area contributed by atoms with E-state index in [4.69, 9.17) is 10.0 Å². The fourth-order valence-electron chi connectivity index (χ4n) is 1.08. The molecule has 7 heteroatoms. The highest BCUT2D eigenvalue weighted by molar-refractivity contribution is 7.77. The van der Waals surface area contributed by atoms with Gasteiger partial charge in [-0.25, -0.2) is 10.2 Å². The summed E-state index contributed by atoms with van der Waals surface area (Å²) in [5.74, 6) is 0. The Morgan fingerprint density at radius 2 is 1.71 bits per heavy atom. The third-order valence-corrected chi connectivity index (χ3v) is 4.00. The summed E-state index contributed by atoms with van der Waals surface area (Å²) >= 11 is 4.16. The highest BCUT2D eigenvalue weighted by Crippen LogP contribution is 2.41. The van der Waals surface area contributed by atoms with Crippen LogP contribution in [0.1, 0.15) is 13.8 Å². The Balaban J connectivity index is 0.000000791. The van der Waals surface area contributed by atoms with Crippen molar-refractivity contribution in [2.75, 3.05) is 33.3 Å². The number of rotatable bonds is 2. The first-order valence-electron chi connectivity index (χ1n) is 4.70. The van der Waals surface area contributed by atoms with Gasteiger partial charge in [0.1, 0.15) is 0 Å². The van der Waals surface area contributed by atoms with Crippen LogP contribution in [-0.4, -0.2) is 42.3 Å². The maximum Gasteiger partial charge on any atom is 0.340 e. The largest absolute Gasteiger partial charge is 0.340 e. The predicted octanol–water partition coefficient (Wildman–Crippen LogP) is 1.19. The molecule has 1 aliphatic rings. The zero-order valence-corrected chi connectivity index (χ0v) is 10.8. The summed E-state index contributed by atoms with van der Waals surface area (Å²) in [5.41, 5.74) is 5.45. The monoisotopic (exact) mass is 241 g/mol. The molecule has 1 rings (SSSR count). The molecule has 0 amide bonds. The lowest BCUT2D eigenvalue weighted by molar-refractivity contribution is 0.248. The molecule has 0 radical (unpaired) electrons. The topological polar surface area (TPSA) is 58.8 Å². The van der Waals surface area contributed by atoms with Crippen LogP contribution in [0.3, 0.4) is 0 Å². The standard InChI is InChI=1S/C5H14N3O2PS.C2H6/c1-10-11(6,9)7-2-4-8(12)5-3-7;1-2/h12H,2-5H2,1H3,(H2,6,9);1-2H3. The number of hydrogen-bond acceptors (Lipinski definition) is 4. The van der Waals surface area contributed by atoms with Gasteiger partial charge in [-0.3, -0.25) is 8.87 Å². The minimum Gasteiger partial charge on any atom is -0.310 e. The molecule has 5 nitrogen and oxygen atoms in total. The molecule has 1 heterocycles. The Morgan fingerprint density at radius 3 is 2.07 bits per heavy atom. The highest BCUT2D eigenvalue weighted by atomic mass is 32.1. The molecule has 0 aromatic heterocycles. The summed E-state index contributed by atoms with van der Waals surface area (Å²) in [7, 11) is -1.63. The Morgan fingerprint density at radius 1 is 1.29 bits per heavy atom. The van der Waals surface area contributed by atoms with Gasteiger partial charge < -0.3 is 4.52 Å². The predicted molar refractivity (Wildman–Crippen MR) is 62.3 cm³/mol. The van der Waals surface area contributed by atoms with E-state index in [1.807, 2.05) is 18.2 Å². The van der Waals surface area contributed by atoms with Crippen molar-refractivity contribution in [3.05, 3.63) is 0 Å². The van der Waals surface area contributed by atoms with Crippen molar-refractivity contribution in [2.45, 2.75) is 13.8 Å². The van der Waals surface area contributed by atoms with Crippen LogP contribution in [0.15, 0.2) is 0 Å². The van der Waals surface area contributed by atoms with Gasteiger partial charge in [-0.05, 0) is 0 Å². The fourth-order valence-corrected chi connectivity index (χ4v) is 2.23. The summed E-state index contributed by atoms with van der Waals surface area (Å²) < 4.78 is 19.7. The SMILES string of the molecule is CC.COP(N)(=O)N1CCN(S)CC1. The Kier molecular flexibility index (Phi) is 7.03. The van der Waals surface area contributed by atoms with Gasteiger partial charge in [0.25, 0.3) is 0 Å². The van der Waals surface area contributed by atoms with Crippen molar-refractivity contribution in [1.29, 1.82) is 0 Å². The number of hydrogen-bond donors (Lipinski definition) is 2. The molecule has 1 aliphatic heterocycles. The smallest absolute Gasteiger partial charge is 0.310 e. The van der Waals surface area contributed by atoms with Crippen molar-refractivity contribution in [3.63, 3.8) is 0 Å². The van der Waals surface area contributed by atoms with Crippen molar-refractivity contribution in [1.82, 2.24) is 8.98 Å². The third kappa shape index (κ3) is 4.29. The van der Waals surface area contributed by atoms with E-state index in [-0.39, 0.29) is 0 Å². The van der Waals surface area contributed by atoms with E-state index in [1.54, 1.807) is 4.67 Å². The van der Waals surface area contributed by atoms with Gasteiger partial charge in [0.05, 0.1) is 0 Å². The average molecular weight is 241 g/mol. The van der Waals surface area contributed by atoms with Crippen LogP contribution >= 0.6 is 20.5 Å². The zero-order valence-electron chi connectivity index (χ0n) is 9.01. The number of piperazine rings is 1. The number of thiol groups is 1. The maximum absolute atomic E-state index is 11.5. The first-order valence-corrected chi connectivity index (χ1v) is 6.74. The molecular weight excluding hydrogens is 221 g/mol. The van der Waals surface area contributed by atoms with Crippen LogP contribution in [0.4, 0.5) is 0 Å². The first kappa shape index (κ1) is 14.4. The molecule has 1 unspecified atom stereocenters. The van der Waals surface area contributed by atoms with Gasteiger partial charge in [-0.2, -0.15) is 0 Å². The zero-order chi connectivity index (χ0) is 11.2. The van der Waals surface area contributed by atoms with E-state index in [0.29, 0.717) is 13.1 Å². The molecule has 0 aromatic rings. The highest BCUT2D eigenvalue weighted by Gasteiger charge is 2.28. The normalized spacial score (nSPS) is 23.5. The maximum atomic E-state index is 11.5. The molecule has 86 valence electrons. The minimum absolute atomic E-state index is 0.644. The van der Waals surface area contributed by atoms with Crippen LogP contribution in [0.5, 0.6) is 0 Å². The van der Waals surface area contributed by atoms with E-state index in [1.165, 1.54) is 7.11 Å².